The lowest BCUT2D eigenvalue weighted by Gasteiger charge is -2.13. The topological polar surface area (TPSA) is 17.1 Å². The van der Waals surface area contributed by atoms with Gasteiger partial charge in [-0.3, -0.25) is 4.79 Å². The van der Waals surface area contributed by atoms with Gasteiger partial charge in [0.05, 0.1) is 0 Å². The smallest absolute Gasteiger partial charge is 0.244 e. The van der Waals surface area contributed by atoms with E-state index in [1.54, 1.807) is 0 Å². The molecular weight excluding hydrogens is 328 g/mol. The van der Waals surface area contributed by atoms with Gasteiger partial charge in [0, 0.05) is 0 Å². The quantitative estimate of drug-likeness (QED) is 0.144. The molecule has 0 saturated heterocycles. The molecule has 0 bridgehead atoms. The van der Waals surface area contributed by atoms with Crippen molar-refractivity contribution in [2.24, 2.45) is 0 Å². The van der Waals surface area contributed by atoms with E-state index in [0.29, 0.717) is 0 Å². The molecule has 0 saturated carbocycles. The molecule has 0 N–H and O–H groups in total. The lowest BCUT2D eigenvalue weighted by Crippen LogP contribution is -1.85. The Hall–Kier alpha value is -2.90. The highest BCUT2D eigenvalue weighted by molar-refractivity contribution is 6.66. The van der Waals surface area contributed by atoms with E-state index in [-0.39, 0.29) is 0 Å². The van der Waals surface area contributed by atoms with Crippen molar-refractivity contribution in [1.29, 1.82) is 0 Å². The maximum atomic E-state index is 9.46. The van der Waals surface area contributed by atoms with Crippen LogP contribution < -0.4 is 0 Å². The Bertz CT molecular complexity index is 1070. The van der Waals surface area contributed by atoms with E-state index in [0.717, 1.165) is 6.08 Å². The molecule has 5 rings (SSSR count). The van der Waals surface area contributed by atoms with E-state index in [2.05, 4.69) is 79.4 Å². The van der Waals surface area contributed by atoms with Crippen molar-refractivity contribution >= 4 is 59.9 Å². The highest BCUT2D eigenvalue weighted by Gasteiger charge is 2.11. The van der Waals surface area contributed by atoms with Crippen LogP contribution in [-0.2, 0) is 4.79 Å². The van der Waals surface area contributed by atoms with E-state index in [1.165, 1.54) is 43.1 Å². The van der Waals surface area contributed by atoms with Gasteiger partial charge in [-0.05, 0) is 60.8 Å². The molecule has 0 spiro atoms. The van der Waals surface area contributed by atoms with Crippen LogP contribution in [0, 0.1) is 0 Å². The molecule has 5 aromatic rings. The minimum Gasteiger partial charge on any atom is -0.276 e. The summed E-state index contributed by atoms with van der Waals surface area (Å²) in [5.41, 5.74) is 0. The molecule has 0 aliphatic rings. The molecule has 0 amide bonds. The van der Waals surface area contributed by atoms with Crippen molar-refractivity contribution in [2.45, 2.75) is 0 Å². The molecule has 5 aromatic carbocycles. The minimum absolute atomic E-state index is 0.509. The second-order valence-electron chi connectivity index (χ2n) is 5.93. The molecule has 0 aliphatic heterocycles. The highest BCUT2D eigenvalue weighted by Crippen LogP contribution is 2.39. The average Bonchev–Trinajstić information content (AvgIpc) is 2.66. The number of allylic oxidation sites excluding steroid dienone is 1. The fourth-order valence-corrected chi connectivity index (χ4v) is 3.58. The summed E-state index contributed by atoms with van der Waals surface area (Å²) in [6.07, 6.45) is 1.04. The first-order valence-corrected chi connectivity index (χ1v) is 8.44. The van der Waals surface area contributed by atoms with E-state index in [1.807, 2.05) is 0 Å². The lowest BCUT2D eigenvalue weighted by molar-refractivity contribution is -0.107. The van der Waals surface area contributed by atoms with Crippen molar-refractivity contribution in [3.8, 4) is 0 Å². The van der Waals surface area contributed by atoms with E-state index < -0.39 is 5.24 Å². The summed E-state index contributed by atoms with van der Waals surface area (Å²) in [7, 11) is 0. The molecule has 0 atom stereocenters. The third-order valence-electron chi connectivity index (χ3n) is 4.55. The fourth-order valence-electron chi connectivity index (χ4n) is 3.58. The first kappa shape index (κ1) is 15.6. The van der Waals surface area contributed by atoms with Crippen molar-refractivity contribution in [3.05, 3.63) is 85.5 Å². The number of carbonyl (C=O) groups is 1. The summed E-state index contributed by atoms with van der Waals surface area (Å²) >= 11 is 4.71. The molecule has 0 aliphatic carbocycles. The standard InChI is InChI=1S/C20H12.C3H3ClO/c1-5-13-6-2-11-17-18-12-4-8-14-7-3-10-16(20(14)18)15(9-1)19(13)17;1-2-3(4)5/h1-12H;2H,1H2. The van der Waals surface area contributed by atoms with Gasteiger partial charge in [-0.25, -0.2) is 0 Å². The van der Waals surface area contributed by atoms with Crippen LogP contribution >= 0.6 is 11.6 Å². The molecule has 2 heteroatoms. The number of fused-ring (bicyclic) bond motifs is 2. The number of benzene rings is 5. The molecule has 0 fully saturated rings. The summed E-state index contributed by atoms with van der Waals surface area (Å²) in [6, 6.07) is 26.4. The van der Waals surface area contributed by atoms with Crippen molar-refractivity contribution in [3.63, 3.8) is 0 Å². The fraction of sp³-hybridized carbons (Fsp3) is 0. The monoisotopic (exact) mass is 342 g/mol. The number of halogens is 1. The van der Waals surface area contributed by atoms with Crippen LogP contribution in [0.25, 0.3) is 43.1 Å². The largest absolute Gasteiger partial charge is 0.276 e. The van der Waals surface area contributed by atoms with Crippen molar-refractivity contribution < 1.29 is 4.79 Å². The lowest BCUT2D eigenvalue weighted by atomic mass is 9.90. The maximum Gasteiger partial charge on any atom is 0.244 e. The van der Waals surface area contributed by atoms with Crippen LogP contribution in [0.15, 0.2) is 85.5 Å². The van der Waals surface area contributed by atoms with E-state index in [9.17, 15) is 4.79 Å². The third-order valence-corrected chi connectivity index (χ3v) is 4.70. The van der Waals surface area contributed by atoms with E-state index in [4.69, 9.17) is 11.6 Å². The molecule has 120 valence electrons. The van der Waals surface area contributed by atoms with Gasteiger partial charge in [0.1, 0.15) is 0 Å². The summed E-state index contributed by atoms with van der Waals surface area (Å²) in [4.78, 5) is 9.46. The Morgan fingerprint density at radius 2 is 0.960 bits per heavy atom. The highest BCUT2D eigenvalue weighted by atomic mass is 35.5. The first-order chi connectivity index (χ1) is 12.2. The predicted octanol–water partition coefficient (Wildman–Crippen LogP) is 6.68. The molecule has 0 aromatic heterocycles. The van der Waals surface area contributed by atoms with Crippen LogP contribution in [0.1, 0.15) is 0 Å². The molecule has 0 heterocycles. The molecule has 1 nitrogen and oxygen atoms in total. The summed E-state index contributed by atoms with van der Waals surface area (Å²) < 4.78 is 0. The maximum absolute atomic E-state index is 9.46. The second kappa shape index (κ2) is 6.19. The number of rotatable bonds is 1. The summed E-state index contributed by atoms with van der Waals surface area (Å²) in [5, 5.41) is 10.4. The molecule has 0 radical (unpaired) electrons. The molecule has 0 unspecified atom stereocenters. The Balaban J connectivity index is 0.000000280. The van der Waals surface area contributed by atoms with Gasteiger partial charge in [0.15, 0.2) is 0 Å². The number of hydrogen-bond acceptors (Lipinski definition) is 1. The van der Waals surface area contributed by atoms with Crippen LogP contribution in [0.3, 0.4) is 0 Å². The molecular formula is C23H15ClO. The summed E-state index contributed by atoms with van der Waals surface area (Å²) in [6.45, 7) is 3.08. The van der Waals surface area contributed by atoms with Gasteiger partial charge in [-0.2, -0.15) is 0 Å². The van der Waals surface area contributed by atoms with Gasteiger partial charge in [-0.1, -0.05) is 79.4 Å². The second-order valence-corrected chi connectivity index (χ2v) is 6.30. The Morgan fingerprint density at radius 3 is 1.20 bits per heavy atom. The van der Waals surface area contributed by atoms with Gasteiger partial charge in [0.2, 0.25) is 5.24 Å². The van der Waals surface area contributed by atoms with E-state index >= 15 is 0 Å². The SMILES string of the molecule is C=CC(=O)Cl.c1cc2cccc3c4cccc5cccc(c(c1)c23)c54. The molecule has 25 heavy (non-hydrogen) atoms. The van der Waals surface area contributed by atoms with Crippen LogP contribution in [0.4, 0.5) is 0 Å². The Morgan fingerprint density at radius 1 is 0.680 bits per heavy atom. The average molecular weight is 343 g/mol. The Labute approximate surface area is 150 Å². The number of hydrogen-bond donors (Lipinski definition) is 0. The number of carbonyl (C=O) groups excluding carboxylic acids is 1. The normalized spacial score (nSPS) is 10.9. The van der Waals surface area contributed by atoms with Crippen molar-refractivity contribution in [2.75, 3.05) is 0 Å². The van der Waals surface area contributed by atoms with Crippen LogP contribution in [0.2, 0.25) is 0 Å². The predicted molar refractivity (Wildman–Crippen MR) is 109 cm³/mol. The van der Waals surface area contributed by atoms with Crippen LogP contribution in [-0.4, -0.2) is 5.24 Å². The van der Waals surface area contributed by atoms with Gasteiger partial charge >= 0.3 is 0 Å². The van der Waals surface area contributed by atoms with Crippen molar-refractivity contribution in [1.82, 2.24) is 0 Å². The zero-order valence-corrected chi connectivity index (χ0v) is 14.3. The first-order valence-electron chi connectivity index (χ1n) is 8.07. The van der Waals surface area contributed by atoms with Gasteiger partial charge in [0.25, 0.3) is 0 Å². The van der Waals surface area contributed by atoms with Crippen LogP contribution in [0.5, 0.6) is 0 Å². The van der Waals surface area contributed by atoms with Gasteiger partial charge < -0.3 is 0 Å². The third kappa shape index (κ3) is 2.54. The zero-order chi connectivity index (χ0) is 17.4. The summed E-state index contributed by atoms with van der Waals surface area (Å²) in [5.74, 6) is 0. The zero-order valence-electron chi connectivity index (χ0n) is 13.5. The van der Waals surface area contributed by atoms with Gasteiger partial charge in [-0.15, -0.1) is 0 Å². The minimum atomic E-state index is -0.509. The Kier molecular flexibility index (Phi) is 3.87.